The second-order valence-corrected chi connectivity index (χ2v) is 4.07. The number of rotatable bonds is 6. The Kier molecular flexibility index (Phi) is 5.74. The van der Waals surface area contributed by atoms with Gasteiger partial charge in [0.15, 0.2) is 0 Å². The molecular formula is C12H17ClFNO. The number of methoxy groups -OCH3 is 1. The molecule has 0 saturated heterocycles. The Bertz CT molecular complexity index is 327. The van der Waals surface area contributed by atoms with Crippen LogP contribution in [-0.2, 0) is 11.2 Å². The molecule has 90 valence electrons. The Hall–Kier alpha value is -0.640. The molecule has 16 heavy (non-hydrogen) atoms. The maximum absolute atomic E-state index is 13.2. The number of hydrogen-bond acceptors (Lipinski definition) is 2. The Balaban J connectivity index is 2.65. The quantitative estimate of drug-likeness (QED) is 0.832. The van der Waals surface area contributed by atoms with E-state index in [0.717, 1.165) is 18.5 Å². The number of hydrogen-bond donors (Lipinski definition) is 1. The first-order chi connectivity index (χ1) is 7.67. The van der Waals surface area contributed by atoms with Crippen LogP contribution >= 0.6 is 11.6 Å². The predicted octanol–water partition coefficient (Wildman–Crippen LogP) is 2.65. The van der Waals surface area contributed by atoms with Crippen molar-refractivity contribution in [2.75, 3.05) is 20.3 Å². The van der Waals surface area contributed by atoms with Crippen molar-refractivity contribution in [2.24, 2.45) is 0 Å². The highest BCUT2D eigenvalue weighted by Gasteiger charge is 2.09. The van der Waals surface area contributed by atoms with E-state index in [1.54, 1.807) is 13.2 Å². The van der Waals surface area contributed by atoms with E-state index in [0.29, 0.717) is 6.61 Å². The molecular weight excluding hydrogens is 229 g/mol. The van der Waals surface area contributed by atoms with Crippen molar-refractivity contribution < 1.29 is 9.13 Å². The van der Waals surface area contributed by atoms with Crippen LogP contribution in [0.4, 0.5) is 4.39 Å². The number of likely N-dealkylation sites (N-methyl/N-ethyl adjacent to an activating group) is 1. The van der Waals surface area contributed by atoms with Crippen molar-refractivity contribution >= 4 is 11.6 Å². The molecule has 1 unspecified atom stereocenters. The first-order valence-electron chi connectivity index (χ1n) is 5.33. The highest BCUT2D eigenvalue weighted by atomic mass is 35.5. The van der Waals surface area contributed by atoms with Crippen LogP contribution in [0.25, 0.3) is 0 Å². The van der Waals surface area contributed by atoms with Gasteiger partial charge < -0.3 is 10.1 Å². The van der Waals surface area contributed by atoms with Gasteiger partial charge in [-0.15, -0.1) is 0 Å². The van der Waals surface area contributed by atoms with E-state index in [4.69, 9.17) is 16.3 Å². The molecule has 1 aromatic rings. The minimum Gasteiger partial charge on any atom is -0.383 e. The molecule has 0 aliphatic heterocycles. The van der Waals surface area contributed by atoms with Crippen LogP contribution in [-0.4, -0.2) is 26.3 Å². The number of benzene rings is 1. The molecule has 0 radical (unpaired) electrons. The lowest BCUT2D eigenvalue weighted by atomic mass is 10.1. The average molecular weight is 246 g/mol. The second kappa shape index (κ2) is 6.84. The fourth-order valence-corrected chi connectivity index (χ4v) is 1.75. The average Bonchev–Trinajstić information content (AvgIpc) is 2.24. The Morgan fingerprint density at radius 1 is 1.50 bits per heavy atom. The maximum atomic E-state index is 13.2. The molecule has 0 fully saturated rings. The normalized spacial score (nSPS) is 12.8. The lowest BCUT2D eigenvalue weighted by molar-refractivity contribution is 0.167. The smallest absolute Gasteiger partial charge is 0.142 e. The molecule has 2 nitrogen and oxygen atoms in total. The summed E-state index contributed by atoms with van der Waals surface area (Å²) in [5.41, 5.74) is 0.921. The van der Waals surface area contributed by atoms with E-state index in [9.17, 15) is 4.39 Å². The molecule has 0 aliphatic rings. The third kappa shape index (κ3) is 4.08. The Morgan fingerprint density at radius 3 is 2.81 bits per heavy atom. The molecule has 0 aromatic heterocycles. The van der Waals surface area contributed by atoms with Crippen molar-refractivity contribution in [3.63, 3.8) is 0 Å². The standard InChI is InChI=1S/C12H17ClFNO/c1-3-15-10(8-16-2)6-9-4-5-11(13)12(14)7-9/h4-5,7,10,15H,3,6,8H2,1-2H3. The van der Waals surface area contributed by atoms with Gasteiger partial charge in [-0.05, 0) is 30.7 Å². The molecule has 1 atom stereocenters. The molecule has 0 heterocycles. The molecule has 0 amide bonds. The second-order valence-electron chi connectivity index (χ2n) is 3.66. The molecule has 0 bridgehead atoms. The van der Waals surface area contributed by atoms with Crippen molar-refractivity contribution in [1.82, 2.24) is 5.32 Å². The predicted molar refractivity (Wildman–Crippen MR) is 64.5 cm³/mol. The minimum atomic E-state index is -0.369. The summed E-state index contributed by atoms with van der Waals surface area (Å²) in [6, 6.07) is 5.10. The lowest BCUT2D eigenvalue weighted by Crippen LogP contribution is -2.34. The zero-order valence-corrected chi connectivity index (χ0v) is 10.4. The van der Waals surface area contributed by atoms with Gasteiger partial charge in [0.1, 0.15) is 5.82 Å². The van der Waals surface area contributed by atoms with E-state index in [-0.39, 0.29) is 16.9 Å². The number of halogens is 2. The van der Waals surface area contributed by atoms with Crippen molar-refractivity contribution in [2.45, 2.75) is 19.4 Å². The molecule has 0 saturated carbocycles. The summed E-state index contributed by atoms with van der Waals surface area (Å²) in [6.45, 7) is 3.51. The summed E-state index contributed by atoms with van der Waals surface area (Å²) in [5, 5.41) is 3.45. The van der Waals surface area contributed by atoms with Crippen LogP contribution in [0.3, 0.4) is 0 Å². The fourth-order valence-electron chi connectivity index (χ4n) is 1.63. The van der Waals surface area contributed by atoms with Crippen LogP contribution in [0.1, 0.15) is 12.5 Å². The van der Waals surface area contributed by atoms with E-state index in [1.165, 1.54) is 6.07 Å². The summed E-state index contributed by atoms with van der Waals surface area (Å²) in [7, 11) is 1.66. The van der Waals surface area contributed by atoms with E-state index in [1.807, 2.05) is 13.0 Å². The first-order valence-corrected chi connectivity index (χ1v) is 5.71. The summed E-state index contributed by atoms with van der Waals surface area (Å²) >= 11 is 5.62. The summed E-state index contributed by atoms with van der Waals surface area (Å²) in [5.74, 6) is -0.369. The SMILES string of the molecule is CCNC(COC)Cc1ccc(Cl)c(F)c1. The van der Waals surface area contributed by atoms with E-state index in [2.05, 4.69) is 5.32 Å². The van der Waals surface area contributed by atoms with Crippen LogP contribution in [0.5, 0.6) is 0 Å². The highest BCUT2D eigenvalue weighted by molar-refractivity contribution is 6.30. The Labute approximate surface area is 101 Å². The van der Waals surface area contributed by atoms with Crippen LogP contribution in [0, 0.1) is 5.82 Å². The summed E-state index contributed by atoms with van der Waals surface area (Å²) < 4.78 is 18.3. The van der Waals surface area contributed by atoms with Crippen LogP contribution in [0.15, 0.2) is 18.2 Å². The van der Waals surface area contributed by atoms with E-state index < -0.39 is 0 Å². The summed E-state index contributed by atoms with van der Waals surface area (Å²) in [6.07, 6.45) is 0.732. The maximum Gasteiger partial charge on any atom is 0.142 e. The summed E-state index contributed by atoms with van der Waals surface area (Å²) in [4.78, 5) is 0. The van der Waals surface area contributed by atoms with Crippen molar-refractivity contribution in [1.29, 1.82) is 0 Å². The molecule has 4 heteroatoms. The molecule has 1 N–H and O–H groups in total. The van der Waals surface area contributed by atoms with Gasteiger partial charge in [-0.25, -0.2) is 4.39 Å². The van der Waals surface area contributed by atoms with Gasteiger partial charge in [0.25, 0.3) is 0 Å². The van der Waals surface area contributed by atoms with Gasteiger partial charge >= 0.3 is 0 Å². The topological polar surface area (TPSA) is 21.3 Å². The van der Waals surface area contributed by atoms with Gasteiger partial charge in [0.2, 0.25) is 0 Å². The molecule has 0 spiro atoms. The molecule has 1 rings (SSSR count). The molecule has 1 aromatic carbocycles. The largest absolute Gasteiger partial charge is 0.383 e. The van der Waals surface area contributed by atoms with E-state index >= 15 is 0 Å². The highest BCUT2D eigenvalue weighted by Crippen LogP contribution is 2.16. The van der Waals surface area contributed by atoms with Crippen LogP contribution < -0.4 is 5.32 Å². The zero-order valence-electron chi connectivity index (χ0n) is 9.59. The van der Waals surface area contributed by atoms with Crippen molar-refractivity contribution in [3.05, 3.63) is 34.6 Å². The number of nitrogens with one attached hydrogen (secondary N) is 1. The van der Waals surface area contributed by atoms with Gasteiger partial charge in [0.05, 0.1) is 11.6 Å². The van der Waals surface area contributed by atoms with Crippen LogP contribution in [0.2, 0.25) is 5.02 Å². The molecule has 0 aliphatic carbocycles. The zero-order chi connectivity index (χ0) is 12.0. The third-order valence-corrected chi connectivity index (χ3v) is 2.63. The van der Waals surface area contributed by atoms with Gasteiger partial charge in [-0.1, -0.05) is 24.6 Å². The number of ether oxygens (including phenoxy) is 1. The van der Waals surface area contributed by atoms with Gasteiger partial charge in [-0.2, -0.15) is 0 Å². The lowest BCUT2D eigenvalue weighted by Gasteiger charge is -2.17. The van der Waals surface area contributed by atoms with Gasteiger partial charge in [0, 0.05) is 13.2 Å². The first kappa shape index (κ1) is 13.4. The Morgan fingerprint density at radius 2 is 2.25 bits per heavy atom. The van der Waals surface area contributed by atoms with Gasteiger partial charge in [-0.3, -0.25) is 0 Å². The van der Waals surface area contributed by atoms with Crippen molar-refractivity contribution in [3.8, 4) is 0 Å². The fraction of sp³-hybridized carbons (Fsp3) is 0.500. The third-order valence-electron chi connectivity index (χ3n) is 2.33. The minimum absolute atomic E-state index is 0.162. The monoisotopic (exact) mass is 245 g/mol.